The Morgan fingerprint density at radius 3 is 1.79 bits per heavy atom. The molecular weight excluding hydrogens is 679 g/mol. The molecular formula is C54H53NO. The highest BCUT2D eigenvalue weighted by Gasteiger charge is 2.61. The van der Waals surface area contributed by atoms with Crippen LogP contribution in [0, 0.1) is 23.7 Å². The SMILES string of the molecule is CC1(C)CCC(C)(C)c2c(N(c3ccc(-c4ccccc4)cc3)c3c(-c4ccccc4)ccc4c3Oc3ccccc3C43C4CC5CC(C4)CC3C5)cccc21. The second-order valence-electron chi connectivity index (χ2n) is 19.2. The van der Waals surface area contributed by atoms with Crippen molar-refractivity contribution in [3.05, 3.63) is 162 Å². The molecule has 6 aromatic rings. The predicted molar refractivity (Wildman–Crippen MR) is 232 cm³/mol. The predicted octanol–water partition coefficient (Wildman–Crippen LogP) is 14.7. The van der Waals surface area contributed by atoms with E-state index in [0.29, 0.717) is 11.8 Å². The van der Waals surface area contributed by atoms with Crippen molar-refractivity contribution in [2.45, 2.75) is 88.9 Å². The van der Waals surface area contributed by atoms with E-state index in [1.165, 1.54) is 88.7 Å². The van der Waals surface area contributed by atoms with Crippen LogP contribution in [0.5, 0.6) is 11.5 Å². The lowest BCUT2D eigenvalue weighted by Gasteiger charge is -2.63. The molecule has 1 aliphatic heterocycles. The van der Waals surface area contributed by atoms with E-state index >= 15 is 0 Å². The molecule has 2 heteroatoms. The van der Waals surface area contributed by atoms with Gasteiger partial charge in [-0.2, -0.15) is 0 Å². The molecule has 1 heterocycles. The van der Waals surface area contributed by atoms with Gasteiger partial charge in [-0.1, -0.05) is 143 Å². The molecule has 56 heavy (non-hydrogen) atoms. The number of ether oxygens (including phenoxy) is 1. The first kappa shape index (κ1) is 34.2. The normalized spacial score (nSPS) is 25.9. The van der Waals surface area contributed by atoms with Crippen molar-refractivity contribution >= 4 is 17.1 Å². The summed E-state index contributed by atoms with van der Waals surface area (Å²) in [6.45, 7) is 9.83. The highest BCUT2D eigenvalue weighted by atomic mass is 16.5. The third-order valence-electron chi connectivity index (χ3n) is 15.2. The van der Waals surface area contributed by atoms with Gasteiger partial charge in [0.05, 0.1) is 11.4 Å². The third-order valence-corrected chi connectivity index (χ3v) is 15.2. The van der Waals surface area contributed by atoms with Gasteiger partial charge in [-0.05, 0) is 132 Å². The van der Waals surface area contributed by atoms with E-state index in [1.54, 1.807) is 0 Å². The van der Waals surface area contributed by atoms with Crippen LogP contribution in [0.1, 0.15) is 94.9 Å². The molecule has 280 valence electrons. The molecule has 2 nitrogen and oxygen atoms in total. The molecule has 0 N–H and O–H groups in total. The third kappa shape index (κ3) is 5.00. The molecule has 4 saturated carbocycles. The first-order valence-corrected chi connectivity index (χ1v) is 21.3. The van der Waals surface area contributed by atoms with Gasteiger partial charge in [0.15, 0.2) is 5.75 Å². The fraction of sp³-hybridized carbons (Fsp3) is 0.333. The molecule has 4 bridgehead atoms. The summed E-state index contributed by atoms with van der Waals surface area (Å²) >= 11 is 0. The number of hydrogen-bond acceptors (Lipinski definition) is 2. The van der Waals surface area contributed by atoms with Gasteiger partial charge in [0, 0.05) is 27.8 Å². The quantitative estimate of drug-likeness (QED) is 0.175. The number of hydrogen-bond donors (Lipinski definition) is 0. The van der Waals surface area contributed by atoms with E-state index in [1.807, 2.05) is 0 Å². The Hall–Kier alpha value is -5.08. The molecule has 6 aromatic carbocycles. The largest absolute Gasteiger partial charge is 0.454 e. The summed E-state index contributed by atoms with van der Waals surface area (Å²) in [4.78, 5) is 2.62. The van der Waals surface area contributed by atoms with Crippen LogP contribution in [0.25, 0.3) is 22.3 Å². The maximum atomic E-state index is 7.51. The summed E-state index contributed by atoms with van der Waals surface area (Å²) in [5, 5.41) is 0. The zero-order valence-corrected chi connectivity index (χ0v) is 33.4. The summed E-state index contributed by atoms with van der Waals surface area (Å²) in [5.41, 5.74) is 14.2. The number of anilines is 3. The molecule has 6 aliphatic rings. The van der Waals surface area contributed by atoms with Crippen LogP contribution < -0.4 is 9.64 Å². The van der Waals surface area contributed by atoms with Crippen molar-refractivity contribution in [3.8, 4) is 33.8 Å². The summed E-state index contributed by atoms with van der Waals surface area (Å²) in [5.74, 6) is 5.09. The summed E-state index contributed by atoms with van der Waals surface area (Å²) in [6.07, 6.45) is 9.07. The second kappa shape index (κ2) is 12.5. The van der Waals surface area contributed by atoms with E-state index in [4.69, 9.17) is 4.74 Å². The van der Waals surface area contributed by atoms with Crippen LogP contribution in [0.15, 0.2) is 140 Å². The minimum Gasteiger partial charge on any atom is -0.454 e. The summed E-state index contributed by atoms with van der Waals surface area (Å²) in [6, 6.07) is 52.4. The maximum Gasteiger partial charge on any atom is 0.156 e. The van der Waals surface area contributed by atoms with E-state index in [2.05, 4.69) is 172 Å². The molecule has 0 atom stereocenters. The Balaban J connectivity index is 1.24. The van der Waals surface area contributed by atoms with Crippen LogP contribution in [0.4, 0.5) is 17.1 Å². The highest BCUT2D eigenvalue weighted by Crippen LogP contribution is 2.70. The van der Waals surface area contributed by atoms with Crippen LogP contribution >= 0.6 is 0 Å². The van der Waals surface area contributed by atoms with Crippen molar-refractivity contribution in [2.24, 2.45) is 23.7 Å². The summed E-state index contributed by atoms with van der Waals surface area (Å²) in [7, 11) is 0. The van der Waals surface area contributed by atoms with Gasteiger partial charge in [-0.3, -0.25) is 0 Å². The van der Waals surface area contributed by atoms with Gasteiger partial charge in [0.2, 0.25) is 0 Å². The zero-order chi connectivity index (χ0) is 37.8. The lowest BCUT2D eigenvalue weighted by Crippen LogP contribution is -2.57. The van der Waals surface area contributed by atoms with E-state index in [0.717, 1.165) is 41.1 Å². The molecule has 0 unspecified atom stereocenters. The molecule has 1 spiro atoms. The topological polar surface area (TPSA) is 12.5 Å². The monoisotopic (exact) mass is 731 g/mol. The Morgan fingerprint density at radius 2 is 1.09 bits per heavy atom. The highest BCUT2D eigenvalue weighted by molar-refractivity contribution is 5.95. The fourth-order valence-corrected chi connectivity index (χ4v) is 12.7. The van der Waals surface area contributed by atoms with E-state index in [-0.39, 0.29) is 16.2 Å². The van der Waals surface area contributed by atoms with Gasteiger partial charge in [0.1, 0.15) is 5.75 Å². The zero-order valence-electron chi connectivity index (χ0n) is 33.4. The summed E-state index contributed by atoms with van der Waals surface area (Å²) < 4.78 is 7.51. The van der Waals surface area contributed by atoms with Gasteiger partial charge in [0.25, 0.3) is 0 Å². The maximum absolute atomic E-state index is 7.51. The average molecular weight is 732 g/mol. The smallest absolute Gasteiger partial charge is 0.156 e. The minimum absolute atomic E-state index is 0.0124. The number of fused-ring (bicyclic) bond motifs is 3. The Kier molecular flexibility index (Phi) is 7.61. The standard InChI is InChI=1S/C54H53NO/c1-52(2)28-29-53(3,4)49-45(52)19-13-20-47(49)55(42-24-22-38(23-25-42)37-14-7-5-8-15-37)50-43(39-16-9-6-10-17-39)26-27-46-51(50)56-48-21-12-11-18-44(48)54(46)40-31-35-30-36(33-40)34-41(54)32-35/h5-27,35-36,40-41H,28-34H2,1-4H3. The van der Waals surface area contributed by atoms with Crippen molar-refractivity contribution in [3.63, 3.8) is 0 Å². The molecule has 0 aromatic heterocycles. The molecule has 4 fully saturated rings. The van der Waals surface area contributed by atoms with E-state index in [9.17, 15) is 0 Å². The van der Waals surface area contributed by atoms with Crippen molar-refractivity contribution < 1.29 is 4.74 Å². The number of benzene rings is 6. The average Bonchev–Trinajstić information content (AvgIpc) is 3.22. The Labute approximate surface area is 333 Å². The molecule has 12 rings (SSSR count). The lowest BCUT2D eigenvalue weighted by atomic mass is 9.41. The van der Waals surface area contributed by atoms with Crippen molar-refractivity contribution in [1.82, 2.24) is 0 Å². The molecule has 0 saturated heterocycles. The minimum atomic E-state index is -0.0538. The second-order valence-corrected chi connectivity index (χ2v) is 19.2. The number of nitrogens with zero attached hydrogens (tertiary/aromatic N) is 1. The lowest BCUT2D eigenvalue weighted by molar-refractivity contribution is -0.0451. The van der Waals surface area contributed by atoms with Crippen molar-refractivity contribution in [1.29, 1.82) is 0 Å². The number of rotatable bonds is 5. The van der Waals surface area contributed by atoms with E-state index < -0.39 is 0 Å². The van der Waals surface area contributed by atoms with Crippen LogP contribution in [-0.2, 0) is 16.2 Å². The number of para-hydroxylation sites is 1. The Bertz CT molecular complexity index is 2430. The van der Waals surface area contributed by atoms with Gasteiger partial charge in [-0.25, -0.2) is 0 Å². The van der Waals surface area contributed by atoms with Gasteiger partial charge >= 0.3 is 0 Å². The first-order chi connectivity index (χ1) is 27.2. The fourth-order valence-electron chi connectivity index (χ4n) is 12.7. The Morgan fingerprint density at radius 1 is 0.500 bits per heavy atom. The molecule has 0 amide bonds. The van der Waals surface area contributed by atoms with Crippen LogP contribution in [0.3, 0.4) is 0 Å². The van der Waals surface area contributed by atoms with Crippen LogP contribution in [-0.4, -0.2) is 0 Å². The van der Waals surface area contributed by atoms with Crippen LogP contribution in [0.2, 0.25) is 0 Å². The van der Waals surface area contributed by atoms with Gasteiger partial charge in [-0.15, -0.1) is 0 Å². The van der Waals surface area contributed by atoms with Gasteiger partial charge < -0.3 is 9.64 Å². The van der Waals surface area contributed by atoms with Crippen molar-refractivity contribution in [2.75, 3.05) is 4.90 Å². The molecule has 5 aliphatic carbocycles. The first-order valence-electron chi connectivity index (χ1n) is 21.3. The molecule has 0 radical (unpaired) electrons.